The van der Waals surface area contributed by atoms with Crippen LogP contribution in [0.25, 0.3) is 10.4 Å². The first-order chi connectivity index (χ1) is 9.26. The molecule has 100 valence electrons. The first-order valence-corrected chi connectivity index (χ1v) is 6.81. The average molecular weight is 276 g/mol. The Balaban J connectivity index is 2.24. The Morgan fingerprint density at radius 2 is 2.16 bits per heavy atom. The van der Waals surface area contributed by atoms with Crippen LogP contribution in [0.4, 0.5) is 5.69 Å². The molecule has 1 atom stereocenters. The van der Waals surface area contributed by atoms with Gasteiger partial charge in [-0.15, -0.1) is 11.3 Å². The van der Waals surface area contributed by atoms with Crippen molar-refractivity contribution in [2.75, 3.05) is 19.0 Å². The monoisotopic (exact) mass is 276 g/mol. The molecular formula is C14H16N2O2S. The normalized spacial score (nSPS) is 12.1. The molecule has 0 aliphatic heterocycles. The quantitative estimate of drug-likeness (QED) is 0.881. The molecule has 0 saturated carbocycles. The van der Waals surface area contributed by atoms with Crippen LogP contribution in [0.2, 0.25) is 0 Å². The van der Waals surface area contributed by atoms with Crippen LogP contribution in [-0.2, 0) is 9.53 Å². The van der Waals surface area contributed by atoms with E-state index in [9.17, 15) is 4.79 Å². The van der Waals surface area contributed by atoms with E-state index in [4.69, 9.17) is 10.5 Å². The first-order valence-electron chi connectivity index (χ1n) is 5.93. The number of anilines is 1. The van der Waals surface area contributed by atoms with Gasteiger partial charge in [-0.05, 0) is 17.5 Å². The summed E-state index contributed by atoms with van der Waals surface area (Å²) in [6, 6.07) is 11.7. The highest BCUT2D eigenvalue weighted by atomic mass is 32.1. The molecule has 2 aromatic rings. The number of benzene rings is 1. The summed E-state index contributed by atoms with van der Waals surface area (Å²) in [5.41, 5.74) is 7.25. The number of amides is 1. The number of nitrogens with one attached hydrogen (secondary N) is 1. The maximum atomic E-state index is 12.0. The van der Waals surface area contributed by atoms with Crippen LogP contribution in [-0.4, -0.2) is 25.7 Å². The van der Waals surface area contributed by atoms with Crippen molar-refractivity contribution in [1.82, 2.24) is 0 Å². The van der Waals surface area contributed by atoms with Gasteiger partial charge in [-0.2, -0.15) is 0 Å². The van der Waals surface area contributed by atoms with Crippen LogP contribution in [0.1, 0.15) is 0 Å². The van der Waals surface area contributed by atoms with Gasteiger partial charge in [0.15, 0.2) is 0 Å². The van der Waals surface area contributed by atoms with E-state index in [2.05, 4.69) is 5.32 Å². The molecule has 1 unspecified atom stereocenters. The van der Waals surface area contributed by atoms with Crippen LogP contribution >= 0.6 is 11.3 Å². The summed E-state index contributed by atoms with van der Waals surface area (Å²) >= 11 is 1.63. The lowest BCUT2D eigenvalue weighted by Gasteiger charge is -2.15. The highest BCUT2D eigenvalue weighted by molar-refractivity contribution is 7.13. The van der Waals surface area contributed by atoms with Crippen molar-refractivity contribution in [3.05, 3.63) is 41.8 Å². The van der Waals surface area contributed by atoms with E-state index in [1.807, 2.05) is 41.8 Å². The molecule has 0 fully saturated rings. The second-order valence-electron chi connectivity index (χ2n) is 3.97. The number of para-hydroxylation sites is 1. The van der Waals surface area contributed by atoms with Gasteiger partial charge in [-0.3, -0.25) is 4.79 Å². The van der Waals surface area contributed by atoms with Gasteiger partial charge in [-0.25, -0.2) is 0 Å². The van der Waals surface area contributed by atoms with Crippen molar-refractivity contribution in [1.29, 1.82) is 0 Å². The lowest BCUT2D eigenvalue weighted by molar-refractivity contribution is -0.125. The van der Waals surface area contributed by atoms with Gasteiger partial charge < -0.3 is 15.8 Å². The summed E-state index contributed by atoms with van der Waals surface area (Å²) in [4.78, 5) is 13.1. The molecule has 0 saturated heterocycles. The zero-order valence-corrected chi connectivity index (χ0v) is 11.4. The summed E-state index contributed by atoms with van der Waals surface area (Å²) in [7, 11) is 1.47. The van der Waals surface area contributed by atoms with Crippen molar-refractivity contribution in [2.45, 2.75) is 6.10 Å². The number of methoxy groups -OCH3 is 1. The third-order valence-corrected chi connectivity index (χ3v) is 3.67. The molecule has 5 heteroatoms. The fourth-order valence-corrected chi connectivity index (χ4v) is 2.53. The molecule has 2 rings (SSSR count). The summed E-state index contributed by atoms with van der Waals surface area (Å²) in [6.45, 7) is 0.156. The Bertz CT molecular complexity index is 536. The van der Waals surface area contributed by atoms with E-state index in [1.165, 1.54) is 7.11 Å². The fraction of sp³-hybridized carbons (Fsp3) is 0.214. The van der Waals surface area contributed by atoms with Crippen molar-refractivity contribution < 1.29 is 9.53 Å². The summed E-state index contributed by atoms with van der Waals surface area (Å²) in [6.07, 6.45) is -0.628. The summed E-state index contributed by atoms with van der Waals surface area (Å²) in [5.74, 6) is -0.228. The lowest BCUT2D eigenvalue weighted by Crippen LogP contribution is -2.36. The average Bonchev–Trinajstić information content (AvgIpc) is 2.94. The van der Waals surface area contributed by atoms with Crippen LogP contribution in [0.5, 0.6) is 0 Å². The van der Waals surface area contributed by atoms with Crippen LogP contribution in [0.15, 0.2) is 41.8 Å². The molecule has 4 nitrogen and oxygen atoms in total. The Hall–Kier alpha value is -1.69. The highest BCUT2D eigenvalue weighted by Gasteiger charge is 2.17. The molecule has 1 heterocycles. The number of nitrogens with two attached hydrogens (primary N) is 1. The number of carbonyl (C=O) groups excluding carboxylic acids is 1. The van der Waals surface area contributed by atoms with Crippen molar-refractivity contribution in [2.24, 2.45) is 5.73 Å². The summed E-state index contributed by atoms with van der Waals surface area (Å²) < 4.78 is 5.03. The topological polar surface area (TPSA) is 64.3 Å². The minimum absolute atomic E-state index is 0.156. The number of hydrogen-bond donors (Lipinski definition) is 2. The van der Waals surface area contributed by atoms with E-state index in [1.54, 1.807) is 11.3 Å². The Kier molecular flexibility index (Phi) is 4.68. The first kappa shape index (κ1) is 13.7. The molecule has 1 aromatic carbocycles. The van der Waals surface area contributed by atoms with E-state index < -0.39 is 6.10 Å². The number of carbonyl (C=O) groups is 1. The number of ether oxygens (including phenoxy) is 1. The van der Waals surface area contributed by atoms with Gasteiger partial charge >= 0.3 is 0 Å². The molecule has 0 aliphatic carbocycles. The standard InChI is InChI=1S/C14H16N2O2S/c1-18-12(9-15)14(17)16-11-6-3-2-5-10(11)13-7-4-8-19-13/h2-8,12H,9,15H2,1H3,(H,16,17). The second kappa shape index (κ2) is 6.47. The fourth-order valence-electron chi connectivity index (χ4n) is 1.76. The second-order valence-corrected chi connectivity index (χ2v) is 4.92. The van der Waals surface area contributed by atoms with E-state index in [-0.39, 0.29) is 12.5 Å². The Morgan fingerprint density at radius 3 is 2.79 bits per heavy atom. The molecule has 1 amide bonds. The van der Waals surface area contributed by atoms with Gasteiger partial charge in [0.05, 0.1) is 0 Å². The molecule has 3 N–H and O–H groups in total. The maximum Gasteiger partial charge on any atom is 0.254 e. The highest BCUT2D eigenvalue weighted by Crippen LogP contribution is 2.31. The molecule has 1 aromatic heterocycles. The van der Waals surface area contributed by atoms with E-state index in [0.29, 0.717) is 0 Å². The smallest absolute Gasteiger partial charge is 0.254 e. The predicted molar refractivity (Wildman–Crippen MR) is 78.2 cm³/mol. The third kappa shape index (κ3) is 3.20. The molecular weight excluding hydrogens is 260 g/mol. The molecule has 0 bridgehead atoms. The zero-order chi connectivity index (χ0) is 13.7. The largest absolute Gasteiger partial charge is 0.370 e. The summed E-state index contributed by atoms with van der Waals surface area (Å²) in [5, 5.41) is 4.87. The zero-order valence-electron chi connectivity index (χ0n) is 10.6. The third-order valence-electron chi connectivity index (χ3n) is 2.76. The van der Waals surface area contributed by atoms with Gasteiger partial charge in [0, 0.05) is 29.8 Å². The Morgan fingerprint density at radius 1 is 1.37 bits per heavy atom. The number of rotatable bonds is 5. The van der Waals surface area contributed by atoms with Gasteiger partial charge in [0.2, 0.25) is 0 Å². The van der Waals surface area contributed by atoms with Gasteiger partial charge in [0.25, 0.3) is 5.91 Å². The van der Waals surface area contributed by atoms with Crippen molar-refractivity contribution in [3.8, 4) is 10.4 Å². The van der Waals surface area contributed by atoms with Gasteiger partial charge in [-0.1, -0.05) is 24.3 Å². The van der Waals surface area contributed by atoms with Crippen LogP contribution in [0, 0.1) is 0 Å². The lowest BCUT2D eigenvalue weighted by atomic mass is 10.1. The molecule has 0 aliphatic rings. The van der Waals surface area contributed by atoms with Crippen molar-refractivity contribution >= 4 is 22.9 Å². The van der Waals surface area contributed by atoms with Gasteiger partial charge in [0.1, 0.15) is 6.10 Å². The molecule has 19 heavy (non-hydrogen) atoms. The molecule has 0 spiro atoms. The van der Waals surface area contributed by atoms with Crippen molar-refractivity contribution in [3.63, 3.8) is 0 Å². The SMILES string of the molecule is COC(CN)C(=O)Nc1ccccc1-c1cccs1. The number of thiophene rings is 1. The van der Waals surface area contributed by atoms with Crippen LogP contribution in [0.3, 0.4) is 0 Å². The Labute approximate surface area is 116 Å². The molecule has 0 radical (unpaired) electrons. The number of hydrogen-bond acceptors (Lipinski definition) is 4. The van der Waals surface area contributed by atoms with E-state index in [0.717, 1.165) is 16.1 Å². The minimum Gasteiger partial charge on any atom is -0.370 e. The van der Waals surface area contributed by atoms with E-state index >= 15 is 0 Å². The maximum absolute atomic E-state index is 12.0. The predicted octanol–water partition coefficient (Wildman–Crippen LogP) is 2.33. The van der Waals surface area contributed by atoms with Crippen LogP contribution < -0.4 is 11.1 Å². The minimum atomic E-state index is -0.628.